The normalized spacial score (nSPS) is 15.3. The lowest BCUT2D eigenvalue weighted by Crippen LogP contribution is -2.60. The van der Waals surface area contributed by atoms with Gasteiger partial charge in [0.1, 0.15) is 11.8 Å². The summed E-state index contributed by atoms with van der Waals surface area (Å²) >= 11 is 0. The topological polar surface area (TPSA) is 105 Å². The minimum atomic E-state index is -1.18. The Morgan fingerprint density at radius 3 is 1.82 bits per heavy atom. The van der Waals surface area contributed by atoms with E-state index in [1.54, 1.807) is 20.8 Å². The molecule has 0 saturated heterocycles. The molecule has 0 aliphatic heterocycles. The zero-order chi connectivity index (χ0) is 28.7. The lowest BCUT2D eigenvalue weighted by atomic mass is 9.81. The Kier molecular flexibility index (Phi) is 20.1. The molecule has 0 bridgehead atoms. The quantitative estimate of drug-likeness (QED) is 0.0652. The second kappa shape index (κ2) is 21.5. The molecule has 0 amide bonds. The highest BCUT2D eigenvalue weighted by atomic mass is 16.5. The van der Waals surface area contributed by atoms with Crippen molar-refractivity contribution < 1.29 is 29.3 Å². The van der Waals surface area contributed by atoms with Crippen molar-refractivity contribution in [1.29, 1.82) is 0 Å². The van der Waals surface area contributed by atoms with Gasteiger partial charge in [0, 0.05) is 25.5 Å². The molecule has 0 spiro atoms. The molecule has 0 heterocycles. The number of unbranched alkanes of at least 4 members (excludes halogenated alkanes) is 1. The molecule has 38 heavy (non-hydrogen) atoms. The van der Waals surface area contributed by atoms with Gasteiger partial charge in [-0.15, -0.1) is 0 Å². The second-order valence-corrected chi connectivity index (χ2v) is 10.0. The van der Waals surface area contributed by atoms with E-state index in [1.165, 1.54) is 7.11 Å². The van der Waals surface area contributed by atoms with Crippen LogP contribution in [0.5, 0.6) is 0 Å². The van der Waals surface area contributed by atoms with Crippen LogP contribution in [-0.2, 0) is 19.1 Å². The fraction of sp³-hybridized carbons (Fsp3) is 0.613. The number of carbonyl (C=O) groups is 2. The van der Waals surface area contributed by atoms with Crippen molar-refractivity contribution in [3.8, 4) is 0 Å². The molecule has 7 heteroatoms. The number of methoxy groups -OCH3 is 1. The predicted octanol–water partition coefficient (Wildman–Crippen LogP) is 6.27. The van der Waals surface area contributed by atoms with Gasteiger partial charge in [-0.2, -0.15) is 0 Å². The van der Waals surface area contributed by atoms with E-state index >= 15 is 0 Å². The molecule has 216 valence electrons. The molecule has 0 rings (SSSR count). The number of esters is 1. The van der Waals surface area contributed by atoms with Gasteiger partial charge in [0.25, 0.3) is 0 Å². The Bertz CT molecular complexity index is 796. The highest BCUT2D eigenvalue weighted by molar-refractivity contribution is 5.69. The van der Waals surface area contributed by atoms with Gasteiger partial charge in [0.2, 0.25) is 0 Å². The Hall–Kier alpha value is -2.48. The molecule has 7 nitrogen and oxygen atoms in total. The SMILES string of the molecule is CC/C=C\C/C=C\C/C=C\C/C=C\C/C=C\CCCC(=O)OCC(C)(C)[C@@H](O)C(C)(NCCC(=O)O)OC. The third-order valence-corrected chi connectivity index (χ3v) is 6.02. The van der Waals surface area contributed by atoms with Gasteiger partial charge in [-0.3, -0.25) is 14.9 Å². The van der Waals surface area contributed by atoms with Gasteiger partial charge in [0.15, 0.2) is 0 Å². The average Bonchev–Trinajstić information content (AvgIpc) is 2.88. The third kappa shape index (κ3) is 17.9. The van der Waals surface area contributed by atoms with E-state index in [1.807, 2.05) is 0 Å². The van der Waals surface area contributed by atoms with Crippen LogP contribution in [0, 0.1) is 5.41 Å². The number of rotatable bonds is 22. The number of aliphatic hydroxyl groups is 1. The summed E-state index contributed by atoms with van der Waals surface area (Å²) in [6, 6.07) is 0. The standard InChI is InChI=1S/C31H51NO6/c1-6-7-8-9-10-11-12-13-14-15-16-17-18-19-20-21-22-23-28(35)38-26-30(2,3)29(36)31(4,37-5)32-25-24-27(33)34/h7-8,10-11,13-14,16-17,19-20,29,32,36H,6,9,12,15,18,21-26H2,1-5H3,(H,33,34)/b8-7-,11-10-,14-13-,17-16-,20-19-/t29-,31?/m1/s1. The van der Waals surface area contributed by atoms with Crippen molar-refractivity contribution in [3.05, 3.63) is 60.8 Å². The van der Waals surface area contributed by atoms with Crippen LogP contribution in [0.2, 0.25) is 0 Å². The summed E-state index contributed by atoms with van der Waals surface area (Å²) in [4.78, 5) is 22.9. The summed E-state index contributed by atoms with van der Waals surface area (Å²) < 4.78 is 10.8. The summed E-state index contributed by atoms with van der Waals surface area (Å²) in [7, 11) is 1.44. The predicted molar refractivity (Wildman–Crippen MR) is 155 cm³/mol. The summed E-state index contributed by atoms with van der Waals surface area (Å²) in [6.07, 6.45) is 27.1. The molecule has 0 aliphatic carbocycles. The Morgan fingerprint density at radius 1 is 0.842 bits per heavy atom. The maximum Gasteiger partial charge on any atom is 0.305 e. The van der Waals surface area contributed by atoms with Gasteiger partial charge in [-0.25, -0.2) is 0 Å². The largest absolute Gasteiger partial charge is 0.481 e. The van der Waals surface area contributed by atoms with Crippen LogP contribution < -0.4 is 5.32 Å². The van der Waals surface area contributed by atoms with E-state index < -0.39 is 23.2 Å². The number of carboxylic acid groups (broad SMARTS) is 1. The van der Waals surface area contributed by atoms with E-state index in [4.69, 9.17) is 14.6 Å². The number of hydrogen-bond donors (Lipinski definition) is 3. The average molecular weight is 534 g/mol. The van der Waals surface area contributed by atoms with E-state index in [0.29, 0.717) is 12.8 Å². The first kappa shape index (κ1) is 35.5. The van der Waals surface area contributed by atoms with Crippen molar-refractivity contribution in [2.75, 3.05) is 20.3 Å². The first-order valence-corrected chi connectivity index (χ1v) is 13.7. The molecule has 0 aliphatic rings. The number of allylic oxidation sites excluding steroid dienone is 10. The van der Waals surface area contributed by atoms with Gasteiger partial charge in [0.05, 0.1) is 13.0 Å². The molecule has 0 aromatic rings. The highest BCUT2D eigenvalue weighted by Crippen LogP contribution is 2.30. The van der Waals surface area contributed by atoms with E-state index in [9.17, 15) is 14.7 Å². The third-order valence-electron chi connectivity index (χ3n) is 6.02. The summed E-state index contributed by atoms with van der Waals surface area (Å²) in [6.45, 7) is 7.50. The molecule has 0 aromatic heterocycles. The minimum Gasteiger partial charge on any atom is -0.481 e. The number of aliphatic hydroxyl groups excluding tert-OH is 1. The summed E-state index contributed by atoms with van der Waals surface area (Å²) in [5, 5.41) is 22.6. The lowest BCUT2D eigenvalue weighted by molar-refractivity contribution is -0.174. The van der Waals surface area contributed by atoms with Gasteiger partial charge in [-0.1, -0.05) is 81.5 Å². The Morgan fingerprint density at radius 2 is 1.34 bits per heavy atom. The van der Waals surface area contributed by atoms with Crippen molar-refractivity contribution in [3.63, 3.8) is 0 Å². The van der Waals surface area contributed by atoms with Crippen LogP contribution in [0.15, 0.2) is 60.8 Å². The molecule has 0 fully saturated rings. The summed E-state index contributed by atoms with van der Waals surface area (Å²) in [5.41, 5.74) is -1.98. The van der Waals surface area contributed by atoms with Crippen LogP contribution in [-0.4, -0.2) is 54.2 Å². The lowest BCUT2D eigenvalue weighted by Gasteiger charge is -2.42. The zero-order valence-electron chi connectivity index (χ0n) is 24.2. The van der Waals surface area contributed by atoms with Gasteiger partial charge in [-0.05, 0) is 51.9 Å². The van der Waals surface area contributed by atoms with Crippen LogP contribution >= 0.6 is 0 Å². The van der Waals surface area contributed by atoms with Crippen molar-refractivity contribution >= 4 is 11.9 Å². The molecule has 0 saturated carbocycles. The van der Waals surface area contributed by atoms with Crippen molar-refractivity contribution in [2.24, 2.45) is 5.41 Å². The smallest absolute Gasteiger partial charge is 0.305 e. The Balaban J connectivity index is 4.12. The van der Waals surface area contributed by atoms with E-state index in [-0.39, 0.29) is 25.5 Å². The van der Waals surface area contributed by atoms with Crippen LogP contribution in [0.25, 0.3) is 0 Å². The molecule has 0 aromatic carbocycles. The number of carbonyl (C=O) groups excluding carboxylic acids is 1. The number of ether oxygens (including phenoxy) is 2. The van der Waals surface area contributed by atoms with E-state index in [0.717, 1.165) is 38.5 Å². The molecular formula is C31H51NO6. The minimum absolute atomic E-state index is 0.0221. The van der Waals surface area contributed by atoms with E-state index in [2.05, 4.69) is 73.0 Å². The van der Waals surface area contributed by atoms with Gasteiger partial charge >= 0.3 is 11.9 Å². The Labute approximate surface area is 230 Å². The first-order chi connectivity index (χ1) is 18.1. The van der Waals surface area contributed by atoms with Crippen molar-refractivity contribution in [2.45, 2.75) is 97.3 Å². The number of hydrogen-bond acceptors (Lipinski definition) is 6. The molecule has 0 radical (unpaired) electrons. The fourth-order valence-corrected chi connectivity index (χ4v) is 3.59. The van der Waals surface area contributed by atoms with Gasteiger partial charge < -0.3 is 19.7 Å². The van der Waals surface area contributed by atoms with Crippen LogP contribution in [0.3, 0.4) is 0 Å². The maximum atomic E-state index is 12.2. The first-order valence-electron chi connectivity index (χ1n) is 13.7. The molecule has 1 unspecified atom stereocenters. The monoisotopic (exact) mass is 533 g/mol. The fourth-order valence-electron chi connectivity index (χ4n) is 3.59. The van der Waals surface area contributed by atoms with Crippen LogP contribution in [0.1, 0.15) is 85.5 Å². The number of nitrogens with one attached hydrogen (secondary N) is 1. The summed E-state index contributed by atoms with van der Waals surface area (Å²) in [5.74, 6) is -1.25. The zero-order valence-corrected chi connectivity index (χ0v) is 24.2. The number of carboxylic acids is 1. The van der Waals surface area contributed by atoms with Crippen molar-refractivity contribution in [1.82, 2.24) is 5.32 Å². The number of aliphatic carboxylic acids is 1. The second-order valence-electron chi connectivity index (χ2n) is 10.0. The maximum absolute atomic E-state index is 12.2. The molecule has 2 atom stereocenters. The highest BCUT2D eigenvalue weighted by Gasteiger charge is 2.43. The molecule has 3 N–H and O–H groups in total. The molecular weight excluding hydrogens is 482 g/mol. The van der Waals surface area contributed by atoms with Crippen LogP contribution in [0.4, 0.5) is 0 Å².